The van der Waals surface area contributed by atoms with Crippen molar-refractivity contribution in [2.24, 2.45) is 27.9 Å². The Hall–Kier alpha value is -4.17. The summed E-state index contributed by atoms with van der Waals surface area (Å²) in [6.07, 6.45) is 5.20. The molecule has 0 spiro atoms. The number of carboxylic acid groups (broad SMARTS) is 1. The summed E-state index contributed by atoms with van der Waals surface area (Å²) in [6.45, 7) is 1.10. The van der Waals surface area contributed by atoms with E-state index in [1.807, 2.05) is 24.3 Å². The van der Waals surface area contributed by atoms with Gasteiger partial charge in [-0.05, 0) is 56.7 Å². The van der Waals surface area contributed by atoms with Crippen LogP contribution >= 0.6 is 0 Å². The summed E-state index contributed by atoms with van der Waals surface area (Å²) >= 11 is 0. The number of hydrogen-bond acceptors (Lipinski definition) is 7. The van der Waals surface area contributed by atoms with Gasteiger partial charge in [-0.25, -0.2) is 4.79 Å². The van der Waals surface area contributed by atoms with Gasteiger partial charge in [0.2, 0.25) is 17.7 Å². The van der Waals surface area contributed by atoms with E-state index in [2.05, 4.69) is 20.6 Å². The van der Waals surface area contributed by atoms with Gasteiger partial charge in [0.15, 0.2) is 5.96 Å². The molecule has 0 bridgehead atoms. The van der Waals surface area contributed by atoms with Crippen molar-refractivity contribution in [3.05, 3.63) is 36.0 Å². The average molecular weight is 586 g/mol. The monoisotopic (exact) mass is 585 g/mol. The summed E-state index contributed by atoms with van der Waals surface area (Å²) in [5, 5.41) is 16.1. The Morgan fingerprint density at radius 1 is 1.07 bits per heavy atom. The van der Waals surface area contributed by atoms with Crippen LogP contribution in [0.1, 0.15) is 50.5 Å². The zero-order valence-corrected chi connectivity index (χ0v) is 23.8. The Labute approximate surface area is 244 Å². The molecular weight excluding hydrogens is 542 g/mol. The molecule has 3 amide bonds. The molecule has 4 unspecified atom stereocenters. The molecule has 1 aliphatic rings. The lowest BCUT2D eigenvalue weighted by Crippen LogP contribution is -2.56. The van der Waals surface area contributed by atoms with E-state index in [4.69, 9.17) is 22.9 Å². The number of nitrogens with zero attached hydrogens (tertiary/aromatic N) is 2. The van der Waals surface area contributed by atoms with Crippen molar-refractivity contribution < 1.29 is 24.3 Å². The second kappa shape index (κ2) is 15.7. The molecule has 14 heteroatoms. The van der Waals surface area contributed by atoms with Crippen LogP contribution in [0.5, 0.6) is 0 Å². The number of carboxylic acids is 1. The van der Waals surface area contributed by atoms with E-state index in [1.54, 1.807) is 6.20 Å². The maximum absolute atomic E-state index is 13.4. The number of aromatic amines is 1. The molecule has 42 heavy (non-hydrogen) atoms. The Morgan fingerprint density at radius 3 is 2.55 bits per heavy atom. The molecule has 3 rings (SSSR count). The predicted molar refractivity (Wildman–Crippen MR) is 159 cm³/mol. The summed E-state index contributed by atoms with van der Waals surface area (Å²) in [5.41, 5.74) is 24.0. The second-order valence-electron chi connectivity index (χ2n) is 10.6. The van der Waals surface area contributed by atoms with Crippen LogP contribution in [-0.2, 0) is 25.6 Å². The lowest BCUT2D eigenvalue weighted by atomic mass is 10.0. The van der Waals surface area contributed by atoms with Crippen molar-refractivity contribution in [1.29, 1.82) is 0 Å². The number of unbranched alkanes of at least 4 members (excludes halogenated alkanes) is 1. The first-order chi connectivity index (χ1) is 20.1. The van der Waals surface area contributed by atoms with E-state index in [-0.39, 0.29) is 31.3 Å². The number of carbonyl (C=O) groups excluding carboxylic acids is 3. The van der Waals surface area contributed by atoms with E-state index in [9.17, 15) is 24.3 Å². The van der Waals surface area contributed by atoms with Gasteiger partial charge < -0.3 is 48.6 Å². The molecule has 0 saturated carbocycles. The zero-order valence-electron chi connectivity index (χ0n) is 23.8. The number of nitrogens with one attached hydrogen (secondary N) is 3. The summed E-state index contributed by atoms with van der Waals surface area (Å²) in [4.78, 5) is 60.4. The number of aliphatic carboxylic acids is 1. The van der Waals surface area contributed by atoms with E-state index in [0.29, 0.717) is 45.2 Å². The fourth-order valence-corrected chi connectivity index (χ4v) is 5.18. The number of fused-ring (bicyclic) bond motifs is 1. The van der Waals surface area contributed by atoms with Crippen LogP contribution in [0.25, 0.3) is 10.9 Å². The molecule has 1 saturated heterocycles. The van der Waals surface area contributed by atoms with Gasteiger partial charge in [-0.1, -0.05) is 24.6 Å². The van der Waals surface area contributed by atoms with Crippen molar-refractivity contribution in [3.63, 3.8) is 0 Å². The number of nitrogens with two attached hydrogens (primary N) is 4. The SMILES string of the molecule is NCCCCC(N)C(=O)N1CCCC1C(=O)NC(CCCN=C(N)N)C(=O)NC(Cc1c[nH]c2ccccc12)C(=O)O. The highest BCUT2D eigenvalue weighted by Gasteiger charge is 2.37. The Balaban J connectivity index is 1.71. The molecule has 12 N–H and O–H groups in total. The third-order valence-electron chi connectivity index (χ3n) is 7.42. The molecule has 1 aliphatic heterocycles. The number of rotatable bonds is 16. The maximum atomic E-state index is 13.4. The number of para-hydroxylation sites is 1. The highest BCUT2D eigenvalue weighted by molar-refractivity contribution is 5.94. The smallest absolute Gasteiger partial charge is 0.326 e. The van der Waals surface area contributed by atoms with Crippen molar-refractivity contribution in [3.8, 4) is 0 Å². The highest BCUT2D eigenvalue weighted by Crippen LogP contribution is 2.21. The van der Waals surface area contributed by atoms with Gasteiger partial charge in [-0.3, -0.25) is 19.4 Å². The number of amides is 3. The third-order valence-corrected chi connectivity index (χ3v) is 7.42. The summed E-state index contributed by atoms with van der Waals surface area (Å²) in [7, 11) is 0. The zero-order chi connectivity index (χ0) is 30.6. The number of guanidine groups is 1. The van der Waals surface area contributed by atoms with E-state index >= 15 is 0 Å². The van der Waals surface area contributed by atoms with Crippen molar-refractivity contribution >= 4 is 40.6 Å². The minimum atomic E-state index is -1.25. The first-order valence-electron chi connectivity index (χ1n) is 14.3. The Morgan fingerprint density at radius 2 is 1.83 bits per heavy atom. The van der Waals surface area contributed by atoms with E-state index in [1.165, 1.54) is 4.90 Å². The fraction of sp³-hybridized carbons (Fsp3) is 0.536. The summed E-state index contributed by atoms with van der Waals surface area (Å²) < 4.78 is 0. The molecule has 4 atom stereocenters. The van der Waals surface area contributed by atoms with Gasteiger partial charge in [0.1, 0.15) is 18.1 Å². The first-order valence-corrected chi connectivity index (χ1v) is 14.3. The number of benzene rings is 1. The number of aromatic nitrogens is 1. The van der Waals surface area contributed by atoms with Crippen LogP contribution in [0.2, 0.25) is 0 Å². The molecule has 0 aliphatic carbocycles. The molecule has 1 aromatic carbocycles. The second-order valence-corrected chi connectivity index (χ2v) is 10.6. The molecule has 230 valence electrons. The van der Waals surface area contributed by atoms with Gasteiger partial charge >= 0.3 is 5.97 Å². The first kappa shape index (κ1) is 32.3. The number of carbonyl (C=O) groups is 4. The van der Waals surface area contributed by atoms with Gasteiger partial charge in [0.25, 0.3) is 0 Å². The van der Waals surface area contributed by atoms with Crippen LogP contribution in [0, 0.1) is 0 Å². The van der Waals surface area contributed by atoms with Crippen LogP contribution in [0.3, 0.4) is 0 Å². The quantitative estimate of drug-likeness (QED) is 0.0701. The minimum absolute atomic E-state index is 0.0344. The summed E-state index contributed by atoms with van der Waals surface area (Å²) in [6, 6.07) is 3.60. The molecule has 1 aromatic heterocycles. The van der Waals surface area contributed by atoms with E-state index < -0.39 is 42.0 Å². The summed E-state index contributed by atoms with van der Waals surface area (Å²) in [5.74, 6) is -2.79. The average Bonchev–Trinajstić information content (AvgIpc) is 3.61. The number of aliphatic imine (C=N–C) groups is 1. The number of likely N-dealkylation sites (tertiary alicyclic amines) is 1. The van der Waals surface area contributed by atoms with Crippen molar-refractivity contribution in [1.82, 2.24) is 20.5 Å². The fourth-order valence-electron chi connectivity index (χ4n) is 5.18. The van der Waals surface area contributed by atoms with Crippen LogP contribution < -0.4 is 33.6 Å². The standard InChI is InChI=1S/C28H43N9O5/c29-12-4-3-8-19(30)26(40)37-14-6-11-23(37)25(39)35-21(10-5-13-33-28(31)32)24(38)36-22(27(41)42)15-17-16-34-20-9-2-1-7-18(17)20/h1-2,7,9,16,19,21-23,34H,3-6,8,10-15,29-30H2,(H,35,39)(H,36,38)(H,41,42)(H4,31,32,33). The topological polar surface area (TPSA) is 248 Å². The van der Waals surface area contributed by atoms with Gasteiger partial charge in [0, 0.05) is 36.6 Å². The maximum Gasteiger partial charge on any atom is 0.326 e. The molecule has 14 nitrogen and oxygen atoms in total. The molecule has 0 radical (unpaired) electrons. The van der Waals surface area contributed by atoms with Gasteiger partial charge in [-0.2, -0.15) is 0 Å². The van der Waals surface area contributed by atoms with Crippen LogP contribution in [0.4, 0.5) is 0 Å². The molecule has 2 heterocycles. The number of hydrogen-bond donors (Lipinski definition) is 8. The minimum Gasteiger partial charge on any atom is -0.480 e. The predicted octanol–water partition coefficient (Wildman–Crippen LogP) is -0.734. The molecular formula is C28H43N9O5. The van der Waals surface area contributed by atoms with Crippen LogP contribution in [-0.4, -0.2) is 88.4 Å². The van der Waals surface area contributed by atoms with Gasteiger partial charge in [0.05, 0.1) is 6.04 Å². The molecule has 1 fully saturated rings. The van der Waals surface area contributed by atoms with Crippen LogP contribution in [0.15, 0.2) is 35.5 Å². The van der Waals surface area contributed by atoms with Gasteiger partial charge in [-0.15, -0.1) is 0 Å². The number of H-pyrrole nitrogens is 1. The lowest BCUT2D eigenvalue weighted by molar-refractivity contribution is -0.143. The Bertz CT molecular complexity index is 1260. The van der Waals surface area contributed by atoms with E-state index in [0.717, 1.165) is 22.9 Å². The third kappa shape index (κ3) is 8.91. The highest BCUT2D eigenvalue weighted by atomic mass is 16.4. The largest absolute Gasteiger partial charge is 0.480 e. The van der Waals surface area contributed by atoms with Crippen molar-refractivity contribution in [2.75, 3.05) is 19.6 Å². The van der Waals surface area contributed by atoms with Crippen molar-refractivity contribution in [2.45, 2.75) is 75.5 Å². The normalized spacial score (nSPS) is 16.9. The lowest BCUT2D eigenvalue weighted by Gasteiger charge is -2.28. The Kier molecular flexibility index (Phi) is 12.1. The molecule has 2 aromatic rings.